The van der Waals surface area contributed by atoms with Gasteiger partial charge in [-0.05, 0) is 32.2 Å². The zero-order chi connectivity index (χ0) is 22.8. The van der Waals surface area contributed by atoms with E-state index in [4.69, 9.17) is 16.3 Å². The Kier molecular flexibility index (Phi) is 9.82. The molecule has 6 nitrogen and oxygen atoms in total. The number of carbonyl (C=O) groups excluding carboxylic acids is 1. The smallest absolute Gasteiger partial charge is 0.141 e. The Morgan fingerprint density at radius 3 is 2.42 bits per heavy atom. The van der Waals surface area contributed by atoms with Gasteiger partial charge in [0.2, 0.25) is 0 Å². The van der Waals surface area contributed by atoms with Crippen LogP contribution in [0.2, 0.25) is 5.02 Å². The summed E-state index contributed by atoms with van der Waals surface area (Å²) in [5, 5.41) is 6.05. The molecule has 2 aromatic carbocycles. The van der Waals surface area contributed by atoms with Crippen molar-refractivity contribution in [1.82, 2.24) is 14.7 Å². The molecule has 0 amide bonds. The Labute approximate surface area is 190 Å². The van der Waals surface area contributed by atoms with Crippen LogP contribution in [0.1, 0.15) is 19.5 Å². The Morgan fingerprint density at radius 2 is 1.77 bits per heavy atom. The molecule has 0 aliphatic carbocycles. The largest absolute Gasteiger partial charge is 0.495 e. The molecular weight excluding hydrogens is 412 g/mol. The highest BCUT2D eigenvalue weighted by atomic mass is 35.5. The van der Waals surface area contributed by atoms with Crippen molar-refractivity contribution in [2.75, 3.05) is 45.2 Å². The summed E-state index contributed by atoms with van der Waals surface area (Å²) in [5.74, 6) is 0.748. The first-order chi connectivity index (χ1) is 15.0. The lowest BCUT2D eigenvalue weighted by Gasteiger charge is -2.34. The molecule has 1 aromatic heterocycles. The first kappa shape index (κ1) is 24.7. The monoisotopic (exact) mass is 444 g/mol. The van der Waals surface area contributed by atoms with Crippen molar-refractivity contribution in [2.45, 2.75) is 27.3 Å². The molecule has 0 N–H and O–H groups in total. The third-order valence-corrected chi connectivity index (χ3v) is 5.41. The van der Waals surface area contributed by atoms with Gasteiger partial charge >= 0.3 is 0 Å². The molecule has 31 heavy (non-hydrogen) atoms. The van der Waals surface area contributed by atoms with E-state index >= 15 is 0 Å². The van der Waals surface area contributed by atoms with E-state index in [1.807, 2.05) is 57.2 Å². The molecule has 7 heteroatoms. The molecule has 0 radical (unpaired) electrons. The van der Waals surface area contributed by atoms with Crippen molar-refractivity contribution in [2.24, 2.45) is 0 Å². The van der Waals surface area contributed by atoms with E-state index in [0.717, 1.165) is 54.8 Å². The summed E-state index contributed by atoms with van der Waals surface area (Å²) in [5.41, 5.74) is 3.18. The van der Waals surface area contributed by atoms with Crippen LogP contribution < -0.4 is 9.64 Å². The Balaban J connectivity index is 0.000000208. The molecule has 0 spiro atoms. The minimum Gasteiger partial charge on any atom is -0.495 e. The molecule has 3 aromatic rings. The highest BCUT2D eigenvalue weighted by Gasteiger charge is 2.15. The molecule has 0 saturated carbocycles. The number of halogens is 1. The Hall–Kier alpha value is -2.57. The molecule has 1 saturated heterocycles. The number of rotatable bonds is 4. The zero-order valence-corrected chi connectivity index (χ0v) is 19.9. The van der Waals surface area contributed by atoms with Crippen molar-refractivity contribution >= 4 is 34.5 Å². The summed E-state index contributed by atoms with van der Waals surface area (Å²) in [6.07, 6.45) is 0.860. The van der Waals surface area contributed by atoms with Crippen LogP contribution in [0.25, 0.3) is 10.9 Å². The first-order valence-corrected chi connectivity index (χ1v) is 11.0. The normalized spacial score (nSPS) is 13.7. The van der Waals surface area contributed by atoms with Gasteiger partial charge in [-0.2, -0.15) is 5.10 Å². The second-order valence-corrected chi connectivity index (χ2v) is 7.47. The molecule has 1 aliphatic heterocycles. The van der Waals surface area contributed by atoms with Gasteiger partial charge in [0, 0.05) is 43.3 Å². The number of nitrogens with zero attached hydrogens (tertiary/aromatic N) is 4. The lowest BCUT2D eigenvalue weighted by molar-refractivity contribution is -0.108. The van der Waals surface area contributed by atoms with Gasteiger partial charge in [0.25, 0.3) is 0 Å². The van der Waals surface area contributed by atoms with Gasteiger partial charge in [-0.3, -0.25) is 4.68 Å². The number of aromatic nitrogens is 2. The summed E-state index contributed by atoms with van der Waals surface area (Å²) < 4.78 is 6.95. The second kappa shape index (κ2) is 12.3. The van der Waals surface area contributed by atoms with Gasteiger partial charge < -0.3 is 19.3 Å². The van der Waals surface area contributed by atoms with Gasteiger partial charge in [-0.1, -0.05) is 43.6 Å². The van der Waals surface area contributed by atoms with Gasteiger partial charge in [0.05, 0.1) is 29.9 Å². The molecule has 1 fully saturated rings. The minimum absolute atomic E-state index is 0.328. The third kappa shape index (κ3) is 6.45. The number of hydrogen-bond acceptors (Lipinski definition) is 5. The van der Waals surface area contributed by atoms with Gasteiger partial charge in [-0.25, -0.2) is 0 Å². The summed E-state index contributed by atoms with van der Waals surface area (Å²) in [7, 11) is 3.80. The van der Waals surface area contributed by atoms with E-state index in [0.29, 0.717) is 11.6 Å². The van der Waals surface area contributed by atoms with Crippen LogP contribution in [0.15, 0.2) is 42.5 Å². The predicted octanol–water partition coefficient (Wildman–Crippen LogP) is 4.67. The third-order valence-electron chi connectivity index (χ3n) is 5.09. The number of ether oxygens (including phenoxy) is 1. The lowest BCUT2D eigenvalue weighted by atomic mass is 10.2. The minimum atomic E-state index is 0.328. The van der Waals surface area contributed by atoms with E-state index in [9.17, 15) is 4.79 Å². The fourth-order valence-electron chi connectivity index (χ4n) is 3.41. The number of para-hydroxylation sites is 1. The number of carbonyl (C=O) groups is 1. The van der Waals surface area contributed by atoms with E-state index < -0.39 is 0 Å². The lowest BCUT2D eigenvalue weighted by Crippen LogP contribution is -2.44. The number of aryl methyl sites for hydroxylation is 1. The van der Waals surface area contributed by atoms with Crippen molar-refractivity contribution < 1.29 is 9.53 Å². The van der Waals surface area contributed by atoms with Crippen molar-refractivity contribution in [3.8, 4) is 5.75 Å². The maximum Gasteiger partial charge on any atom is 0.141 e. The van der Waals surface area contributed by atoms with E-state index in [1.54, 1.807) is 11.8 Å². The topological polar surface area (TPSA) is 50.6 Å². The second-order valence-electron chi connectivity index (χ2n) is 7.06. The summed E-state index contributed by atoms with van der Waals surface area (Å²) in [6.45, 7) is 10.6. The van der Waals surface area contributed by atoms with E-state index in [-0.39, 0.29) is 0 Å². The van der Waals surface area contributed by atoms with E-state index in [2.05, 4.69) is 28.0 Å². The summed E-state index contributed by atoms with van der Waals surface area (Å²) in [4.78, 5) is 15.1. The fraction of sp³-hybridized carbons (Fsp3) is 0.417. The highest BCUT2D eigenvalue weighted by molar-refractivity contribution is 6.32. The first-order valence-electron chi connectivity index (χ1n) is 10.7. The number of methoxy groups -OCH3 is 1. The van der Waals surface area contributed by atoms with Gasteiger partial charge in [0.15, 0.2) is 0 Å². The van der Waals surface area contributed by atoms with Gasteiger partial charge in [0.1, 0.15) is 12.0 Å². The molecule has 168 valence electrons. The number of anilines is 1. The van der Waals surface area contributed by atoms with Crippen molar-refractivity contribution in [3.63, 3.8) is 0 Å². The summed E-state index contributed by atoms with van der Waals surface area (Å²) >= 11 is 6.01. The SMILES string of the molecule is CC.COc1cc(N2CCN(C)CC2)ccc1Cl.Cc1nn(CC=O)c2ccccc12. The number of aldehydes is 1. The van der Waals surface area contributed by atoms with Crippen LogP contribution in [-0.4, -0.2) is 61.3 Å². The van der Waals surface area contributed by atoms with Crippen molar-refractivity contribution in [3.05, 3.63) is 53.2 Å². The average Bonchev–Trinajstić information content (AvgIpc) is 3.12. The van der Waals surface area contributed by atoms with Crippen LogP contribution in [0, 0.1) is 6.92 Å². The van der Waals surface area contributed by atoms with Crippen molar-refractivity contribution in [1.29, 1.82) is 0 Å². The number of piperazine rings is 1. The van der Waals surface area contributed by atoms with Crippen LogP contribution >= 0.6 is 11.6 Å². The Bertz CT molecular complexity index is 965. The predicted molar refractivity (Wildman–Crippen MR) is 130 cm³/mol. The summed E-state index contributed by atoms with van der Waals surface area (Å²) in [6, 6.07) is 13.9. The van der Waals surface area contributed by atoms with Crippen LogP contribution in [-0.2, 0) is 11.3 Å². The number of fused-ring (bicyclic) bond motifs is 1. The van der Waals surface area contributed by atoms with Gasteiger partial charge in [-0.15, -0.1) is 0 Å². The van der Waals surface area contributed by atoms with Crippen LogP contribution in [0.5, 0.6) is 5.75 Å². The maximum atomic E-state index is 10.4. The standard InChI is InChI=1S/C12H17ClN2O.C10H10N2O.C2H6/c1-14-5-7-15(8-6-14)10-3-4-11(13)12(9-10)16-2;1-8-9-4-2-3-5-10(9)12(11-8)6-7-13;1-2/h3-4,9H,5-8H2,1-2H3;2-5,7H,6H2,1H3;1-2H3. The van der Waals surface area contributed by atoms with Crippen LogP contribution in [0.4, 0.5) is 5.69 Å². The van der Waals surface area contributed by atoms with E-state index in [1.165, 1.54) is 5.69 Å². The molecule has 0 unspecified atom stereocenters. The average molecular weight is 445 g/mol. The number of benzene rings is 2. The number of hydrogen-bond donors (Lipinski definition) is 0. The zero-order valence-electron chi connectivity index (χ0n) is 19.1. The maximum absolute atomic E-state index is 10.4. The molecule has 0 bridgehead atoms. The number of likely N-dealkylation sites (N-methyl/N-ethyl adjacent to an activating group) is 1. The molecule has 4 rings (SSSR count). The molecule has 1 aliphatic rings. The molecule has 0 atom stereocenters. The quantitative estimate of drug-likeness (QED) is 0.547. The molecular formula is C24H33ClN4O2. The Morgan fingerprint density at radius 1 is 1.10 bits per heavy atom. The van der Waals surface area contributed by atoms with Crippen LogP contribution in [0.3, 0.4) is 0 Å². The fourth-order valence-corrected chi connectivity index (χ4v) is 3.61. The molecule has 2 heterocycles. The highest BCUT2D eigenvalue weighted by Crippen LogP contribution is 2.29.